The zero-order chi connectivity index (χ0) is 12.8. The van der Waals surface area contributed by atoms with Crippen LogP contribution in [-0.4, -0.2) is 48.0 Å². The summed E-state index contributed by atoms with van der Waals surface area (Å²) in [5.74, 6) is 0. The van der Waals surface area contributed by atoms with Gasteiger partial charge in [-0.3, -0.25) is 4.90 Å². The number of rotatable bonds is 6. The molecule has 1 rings (SSSR count). The Hall–Kier alpha value is -0.640. The van der Waals surface area contributed by atoms with E-state index in [1.54, 1.807) is 0 Å². The number of pyridine rings is 1. The third kappa shape index (κ3) is 5.02. The Labute approximate surface area is 109 Å². The Balaban J connectivity index is 2.59. The van der Waals surface area contributed by atoms with Crippen molar-refractivity contribution in [2.75, 3.05) is 27.2 Å². The molecule has 1 unspecified atom stereocenters. The van der Waals surface area contributed by atoms with Crippen LogP contribution in [0.2, 0.25) is 5.15 Å². The average Bonchev–Trinajstić information content (AvgIpc) is 2.27. The first-order valence-electron chi connectivity index (χ1n) is 6.02. The Morgan fingerprint density at radius 2 is 2.06 bits per heavy atom. The molecule has 0 aliphatic heterocycles. The maximum absolute atomic E-state index is 5.78. The van der Waals surface area contributed by atoms with E-state index in [0.717, 1.165) is 19.6 Å². The van der Waals surface area contributed by atoms with E-state index in [2.05, 4.69) is 42.7 Å². The molecule has 0 radical (unpaired) electrons. The molecule has 0 aliphatic rings. The Morgan fingerprint density at radius 1 is 1.35 bits per heavy atom. The van der Waals surface area contributed by atoms with Crippen LogP contribution in [0.4, 0.5) is 0 Å². The standard InChI is InChI=1S/C13H22ClN3/c1-5-17(11(2)9-16(3)4)10-12-6-7-13(14)15-8-12/h6-8,11H,5,9-10H2,1-4H3. The third-order valence-corrected chi connectivity index (χ3v) is 3.06. The zero-order valence-corrected chi connectivity index (χ0v) is 11.9. The minimum atomic E-state index is 0.533. The van der Waals surface area contributed by atoms with Gasteiger partial charge in [0.15, 0.2) is 0 Å². The highest BCUT2D eigenvalue weighted by atomic mass is 35.5. The monoisotopic (exact) mass is 255 g/mol. The van der Waals surface area contributed by atoms with Gasteiger partial charge in [0.1, 0.15) is 5.15 Å². The van der Waals surface area contributed by atoms with E-state index in [1.807, 2.05) is 18.3 Å². The van der Waals surface area contributed by atoms with Gasteiger partial charge in [-0.05, 0) is 39.2 Å². The maximum atomic E-state index is 5.78. The molecule has 0 N–H and O–H groups in total. The second-order valence-corrected chi connectivity index (χ2v) is 5.05. The molecule has 0 aliphatic carbocycles. The van der Waals surface area contributed by atoms with Crippen molar-refractivity contribution in [1.82, 2.24) is 14.8 Å². The molecule has 0 spiro atoms. The summed E-state index contributed by atoms with van der Waals surface area (Å²) < 4.78 is 0. The Kier molecular flexibility index (Phi) is 5.89. The van der Waals surface area contributed by atoms with Crippen LogP contribution in [0.25, 0.3) is 0 Å². The van der Waals surface area contributed by atoms with E-state index in [1.165, 1.54) is 5.56 Å². The largest absolute Gasteiger partial charge is 0.308 e. The van der Waals surface area contributed by atoms with Gasteiger partial charge in [-0.25, -0.2) is 4.98 Å². The maximum Gasteiger partial charge on any atom is 0.129 e. The Morgan fingerprint density at radius 3 is 2.53 bits per heavy atom. The fourth-order valence-electron chi connectivity index (χ4n) is 1.96. The molecule has 1 heterocycles. The summed E-state index contributed by atoms with van der Waals surface area (Å²) in [7, 11) is 4.21. The highest BCUT2D eigenvalue weighted by Gasteiger charge is 2.13. The van der Waals surface area contributed by atoms with E-state index in [4.69, 9.17) is 11.6 Å². The first-order valence-corrected chi connectivity index (χ1v) is 6.40. The lowest BCUT2D eigenvalue weighted by atomic mass is 10.2. The van der Waals surface area contributed by atoms with Crippen LogP contribution >= 0.6 is 11.6 Å². The minimum Gasteiger partial charge on any atom is -0.308 e. The van der Waals surface area contributed by atoms with Gasteiger partial charge in [-0.15, -0.1) is 0 Å². The van der Waals surface area contributed by atoms with E-state index >= 15 is 0 Å². The van der Waals surface area contributed by atoms with Gasteiger partial charge in [-0.1, -0.05) is 24.6 Å². The van der Waals surface area contributed by atoms with Crippen LogP contribution < -0.4 is 0 Å². The van der Waals surface area contributed by atoms with Gasteiger partial charge in [0.2, 0.25) is 0 Å². The highest BCUT2D eigenvalue weighted by molar-refractivity contribution is 6.29. The van der Waals surface area contributed by atoms with Gasteiger partial charge < -0.3 is 4.90 Å². The molecule has 0 amide bonds. The van der Waals surface area contributed by atoms with Crippen molar-refractivity contribution in [3.8, 4) is 0 Å². The van der Waals surface area contributed by atoms with Crippen molar-refractivity contribution in [2.24, 2.45) is 0 Å². The smallest absolute Gasteiger partial charge is 0.129 e. The molecule has 4 heteroatoms. The first kappa shape index (κ1) is 14.4. The first-order chi connectivity index (χ1) is 8.02. The molecule has 1 aromatic heterocycles. The summed E-state index contributed by atoms with van der Waals surface area (Å²) in [5.41, 5.74) is 1.21. The van der Waals surface area contributed by atoms with Crippen molar-refractivity contribution in [3.05, 3.63) is 29.0 Å². The summed E-state index contributed by atoms with van der Waals surface area (Å²) >= 11 is 5.78. The quantitative estimate of drug-likeness (QED) is 0.729. The lowest BCUT2D eigenvalue weighted by Gasteiger charge is -2.29. The molecular formula is C13H22ClN3. The molecule has 0 aromatic carbocycles. The van der Waals surface area contributed by atoms with Crippen molar-refractivity contribution < 1.29 is 0 Å². The third-order valence-electron chi connectivity index (χ3n) is 2.83. The van der Waals surface area contributed by atoms with Crippen molar-refractivity contribution in [1.29, 1.82) is 0 Å². The summed E-state index contributed by atoms with van der Waals surface area (Å²) in [6.07, 6.45) is 1.85. The number of aromatic nitrogens is 1. The van der Waals surface area contributed by atoms with Crippen LogP contribution in [0.3, 0.4) is 0 Å². The second kappa shape index (κ2) is 6.94. The van der Waals surface area contributed by atoms with Gasteiger partial charge >= 0.3 is 0 Å². The van der Waals surface area contributed by atoms with E-state index in [9.17, 15) is 0 Å². The summed E-state index contributed by atoms with van der Waals surface area (Å²) in [5, 5.41) is 0.554. The molecule has 1 atom stereocenters. The van der Waals surface area contributed by atoms with Crippen LogP contribution in [-0.2, 0) is 6.54 Å². The number of nitrogens with zero attached hydrogens (tertiary/aromatic N) is 3. The van der Waals surface area contributed by atoms with Gasteiger partial charge in [0, 0.05) is 25.3 Å². The molecule has 17 heavy (non-hydrogen) atoms. The fraction of sp³-hybridized carbons (Fsp3) is 0.615. The molecule has 96 valence electrons. The van der Waals surface area contributed by atoms with Crippen LogP contribution in [0.5, 0.6) is 0 Å². The van der Waals surface area contributed by atoms with Gasteiger partial charge in [-0.2, -0.15) is 0 Å². The Bertz CT molecular complexity index is 324. The predicted octanol–water partition coefficient (Wildman–Crippen LogP) is 2.51. The highest BCUT2D eigenvalue weighted by Crippen LogP contribution is 2.10. The summed E-state index contributed by atoms with van der Waals surface area (Å²) in [6, 6.07) is 4.42. The van der Waals surface area contributed by atoms with Crippen molar-refractivity contribution in [3.63, 3.8) is 0 Å². The molecular weight excluding hydrogens is 234 g/mol. The summed E-state index contributed by atoms with van der Waals surface area (Å²) in [6.45, 7) is 7.48. The van der Waals surface area contributed by atoms with Gasteiger partial charge in [0.05, 0.1) is 0 Å². The zero-order valence-electron chi connectivity index (χ0n) is 11.2. The molecule has 0 bridgehead atoms. The van der Waals surface area contributed by atoms with Crippen LogP contribution in [0.1, 0.15) is 19.4 Å². The molecule has 0 saturated heterocycles. The SMILES string of the molecule is CCN(Cc1ccc(Cl)nc1)C(C)CN(C)C. The molecule has 0 saturated carbocycles. The molecule has 3 nitrogen and oxygen atoms in total. The fourth-order valence-corrected chi connectivity index (χ4v) is 2.07. The second-order valence-electron chi connectivity index (χ2n) is 4.66. The van der Waals surface area contributed by atoms with Crippen LogP contribution in [0.15, 0.2) is 18.3 Å². The van der Waals surface area contributed by atoms with Gasteiger partial charge in [0.25, 0.3) is 0 Å². The number of halogens is 1. The minimum absolute atomic E-state index is 0.533. The van der Waals surface area contributed by atoms with Crippen LogP contribution in [0, 0.1) is 0 Å². The average molecular weight is 256 g/mol. The predicted molar refractivity (Wildman–Crippen MR) is 73.3 cm³/mol. The summed E-state index contributed by atoms with van der Waals surface area (Å²) in [4.78, 5) is 8.77. The lowest BCUT2D eigenvalue weighted by Crippen LogP contribution is -2.39. The van der Waals surface area contributed by atoms with Crippen molar-refractivity contribution in [2.45, 2.75) is 26.4 Å². The normalized spacial score (nSPS) is 13.4. The molecule has 1 aromatic rings. The van der Waals surface area contributed by atoms with Crippen molar-refractivity contribution >= 4 is 11.6 Å². The number of hydrogen-bond donors (Lipinski definition) is 0. The van der Waals surface area contributed by atoms with E-state index in [-0.39, 0.29) is 0 Å². The topological polar surface area (TPSA) is 19.4 Å². The molecule has 0 fully saturated rings. The van der Waals surface area contributed by atoms with E-state index in [0.29, 0.717) is 11.2 Å². The number of likely N-dealkylation sites (N-methyl/N-ethyl adjacent to an activating group) is 2. The van der Waals surface area contributed by atoms with E-state index < -0.39 is 0 Å². The lowest BCUT2D eigenvalue weighted by molar-refractivity contribution is 0.174. The number of hydrogen-bond acceptors (Lipinski definition) is 3.